The van der Waals surface area contributed by atoms with Crippen LogP contribution in [0.4, 0.5) is 5.69 Å². The first-order chi connectivity index (χ1) is 14.5. The van der Waals surface area contributed by atoms with Crippen LogP contribution in [0.1, 0.15) is 15.9 Å². The number of para-hydroxylation sites is 1. The molecule has 0 aliphatic heterocycles. The van der Waals surface area contributed by atoms with Crippen LogP contribution in [0.5, 0.6) is 11.5 Å². The predicted molar refractivity (Wildman–Crippen MR) is 121 cm³/mol. The zero-order chi connectivity index (χ0) is 21.3. The summed E-state index contributed by atoms with van der Waals surface area (Å²) in [4.78, 5) is 18.0. The first kappa shape index (κ1) is 20.9. The Morgan fingerprint density at radius 1 is 0.967 bits per heavy atom. The highest BCUT2D eigenvalue weighted by molar-refractivity contribution is 5.94. The Bertz CT molecular complexity index is 1020. The number of nitrogens with two attached hydrogens (primary N) is 1. The third kappa shape index (κ3) is 6.10. The van der Waals surface area contributed by atoms with Crippen molar-refractivity contribution in [2.45, 2.75) is 6.42 Å². The second kappa shape index (κ2) is 10.1. The van der Waals surface area contributed by atoms with Crippen LogP contribution in [0.2, 0.25) is 0 Å². The molecule has 0 aromatic heterocycles. The standard InChI is InChI=1S/C24H26N4O2/c1-28(2)23(29)19-9-6-8-18(16-19)14-15-26-24(25)27-20-10-7-13-22(17-20)30-21-11-4-3-5-12-21/h3-13,16-17H,14-15H2,1-2H3,(H3,25,26,27). The lowest BCUT2D eigenvalue weighted by molar-refractivity contribution is 0.0827. The summed E-state index contributed by atoms with van der Waals surface area (Å²) in [6, 6.07) is 24.7. The number of ether oxygens (including phenoxy) is 1. The summed E-state index contributed by atoms with van der Waals surface area (Å²) in [7, 11) is 3.48. The number of nitrogens with one attached hydrogen (secondary N) is 1. The Hall–Kier alpha value is -3.80. The van der Waals surface area contributed by atoms with Crippen LogP contribution in [0.3, 0.4) is 0 Å². The van der Waals surface area contributed by atoms with Gasteiger partial charge in [0.15, 0.2) is 5.96 Å². The lowest BCUT2D eigenvalue weighted by atomic mass is 10.1. The third-order valence-corrected chi connectivity index (χ3v) is 4.35. The average Bonchev–Trinajstić information content (AvgIpc) is 2.74. The highest BCUT2D eigenvalue weighted by Gasteiger charge is 2.08. The fourth-order valence-corrected chi connectivity index (χ4v) is 2.87. The minimum absolute atomic E-state index is 0.0147. The van der Waals surface area contributed by atoms with E-state index in [9.17, 15) is 4.79 Å². The molecule has 0 heterocycles. The molecule has 3 aromatic rings. The van der Waals surface area contributed by atoms with Crippen molar-refractivity contribution < 1.29 is 9.53 Å². The van der Waals surface area contributed by atoms with Gasteiger partial charge in [0, 0.05) is 38.0 Å². The van der Waals surface area contributed by atoms with Gasteiger partial charge in [-0.15, -0.1) is 0 Å². The number of carbonyl (C=O) groups excluding carboxylic acids is 1. The van der Waals surface area contributed by atoms with Gasteiger partial charge in [-0.3, -0.25) is 9.79 Å². The summed E-state index contributed by atoms with van der Waals surface area (Å²) >= 11 is 0. The van der Waals surface area contributed by atoms with Crippen molar-refractivity contribution >= 4 is 17.6 Å². The van der Waals surface area contributed by atoms with Gasteiger partial charge in [-0.2, -0.15) is 0 Å². The van der Waals surface area contributed by atoms with Gasteiger partial charge in [-0.05, 0) is 48.4 Å². The predicted octanol–water partition coefficient (Wildman–Crippen LogP) is 4.15. The minimum Gasteiger partial charge on any atom is -0.457 e. The van der Waals surface area contributed by atoms with E-state index >= 15 is 0 Å². The lowest BCUT2D eigenvalue weighted by Crippen LogP contribution is -2.23. The van der Waals surface area contributed by atoms with Gasteiger partial charge < -0.3 is 20.7 Å². The Labute approximate surface area is 177 Å². The summed E-state index contributed by atoms with van der Waals surface area (Å²) in [6.45, 7) is 0.513. The van der Waals surface area contributed by atoms with Gasteiger partial charge in [0.05, 0.1) is 0 Å². The van der Waals surface area contributed by atoms with Crippen molar-refractivity contribution in [3.8, 4) is 11.5 Å². The van der Waals surface area contributed by atoms with Crippen molar-refractivity contribution in [3.05, 3.63) is 90.0 Å². The average molecular weight is 402 g/mol. The number of carbonyl (C=O) groups is 1. The van der Waals surface area contributed by atoms with Gasteiger partial charge in [0.25, 0.3) is 5.91 Å². The van der Waals surface area contributed by atoms with E-state index in [2.05, 4.69) is 10.3 Å². The molecule has 3 N–H and O–H groups in total. The maximum Gasteiger partial charge on any atom is 0.253 e. The second-order valence-corrected chi connectivity index (χ2v) is 6.98. The number of hydrogen-bond donors (Lipinski definition) is 2. The number of nitrogens with zero attached hydrogens (tertiary/aromatic N) is 2. The largest absolute Gasteiger partial charge is 0.457 e. The molecule has 0 radical (unpaired) electrons. The molecule has 0 aliphatic rings. The van der Waals surface area contributed by atoms with Crippen molar-refractivity contribution in [1.82, 2.24) is 4.90 Å². The van der Waals surface area contributed by atoms with Gasteiger partial charge >= 0.3 is 0 Å². The molecule has 0 fully saturated rings. The Kier molecular flexibility index (Phi) is 7.05. The molecule has 154 valence electrons. The number of guanidine groups is 1. The maximum atomic E-state index is 12.1. The lowest BCUT2D eigenvalue weighted by Gasteiger charge is -2.11. The number of aliphatic imine (C=N–C) groups is 1. The van der Waals surface area contributed by atoms with E-state index < -0.39 is 0 Å². The van der Waals surface area contributed by atoms with Gasteiger partial charge in [-0.1, -0.05) is 36.4 Å². The van der Waals surface area contributed by atoms with Crippen LogP contribution in [0, 0.1) is 0 Å². The summed E-state index contributed by atoms with van der Waals surface area (Å²) in [5.41, 5.74) is 8.53. The van der Waals surface area contributed by atoms with Crippen LogP contribution in [-0.4, -0.2) is 37.4 Å². The summed E-state index contributed by atoms with van der Waals surface area (Å²) in [5.74, 6) is 1.79. The van der Waals surface area contributed by atoms with Crippen LogP contribution in [0.25, 0.3) is 0 Å². The van der Waals surface area contributed by atoms with Crippen LogP contribution >= 0.6 is 0 Å². The zero-order valence-electron chi connectivity index (χ0n) is 17.2. The monoisotopic (exact) mass is 402 g/mol. The van der Waals surface area contributed by atoms with E-state index in [-0.39, 0.29) is 5.91 Å². The molecular formula is C24H26N4O2. The van der Waals surface area contributed by atoms with Gasteiger partial charge in [-0.25, -0.2) is 0 Å². The molecule has 30 heavy (non-hydrogen) atoms. The zero-order valence-corrected chi connectivity index (χ0v) is 17.2. The normalized spacial score (nSPS) is 11.1. The third-order valence-electron chi connectivity index (χ3n) is 4.35. The van der Waals surface area contributed by atoms with Crippen molar-refractivity contribution in [2.75, 3.05) is 26.0 Å². The molecule has 0 saturated carbocycles. The van der Waals surface area contributed by atoms with E-state index in [1.54, 1.807) is 19.0 Å². The van der Waals surface area contributed by atoms with Crippen LogP contribution < -0.4 is 15.8 Å². The smallest absolute Gasteiger partial charge is 0.253 e. The molecule has 0 aliphatic carbocycles. The number of rotatable bonds is 7. The first-order valence-electron chi connectivity index (χ1n) is 9.72. The number of anilines is 1. The van der Waals surface area contributed by atoms with E-state index in [1.165, 1.54) is 0 Å². The highest BCUT2D eigenvalue weighted by Crippen LogP contribution is 2.23. The molecule has 0 unspecified atom stereocenters. The quantitative estimate of drug-likeness (QED) is 0.460. The first-order valence-corrected chi connectivity index (χ1v) is 9.72. The molecule has 1 amide bonds. The molecule has 3 rings (SSSR count). The molecular weight excluding hydrogens is 376 g/mol. The summed E-state index contributed by atoms with van der Waals surface area (Å²) in [5, 5.41) is 3.09. The van der Waals surface area contributed by atoms with Crippen molar-refractivity contribution in [2.24, 2.45) is 10.7 Å². The molecule has 3 aromatic carbocycles. The van der Waals surface area contributed by atoms with Crippen molar-refractivity contribution in [1.29, 1.82) is 0 Å². The second-order valence-electron chi connectivity index (χ2n) is 6.98. The molecule has 0 bridgehead atoms. The van der Waals surface area contributed by atoms with Crippen LogP contribution in [-0.2, 0) is 6.42 Å². The van der Waals surface area contributed by atoms with Crippen molar-refractivity contribution in [3.63, 3.8) is 0 Å². The van der Waals surface area contributed by atoms with Gasteiger partial charge in [0.1, 0.15) is 11.5 Å². The molecule has 0 atom stereocenters. The minimum atomic E-state index is -0.0147. The van der Waals surface area contributed by atoms with E-state index in [4.69, 9.17) is 10.5 Å². The van der Waals surface area contributed by atoms with E-state index in [0.717, 1.165) is 17.0 Å². The SMILES string of the molecule is CN(C)C(=O)c1cccc(CCN=C(N)Nc2cccc(Oc3ccccc3)c2)c1. The Morgan fingerprint density at radius 2 is 1.70 bits per heavy atom. The molecule has 6 nitrogen and oxygen atoms in total. The fourth-order valence-electron chi connectivity index (χ4n) is 2.87. The maximum absolute atomic E-state index is 12.1. The fraction of sp³-hybridized carbons (Fsp3) is 0.167. The summed E-state index contributed by atoms with van der Waals surface area (Å²) in [6.07, 6.45) is 0.689. The number of benzene rings is 3. The number of amides is 1. The molecule has 6 heteroatoms. The van der Waals surface area contributed by atoms with E-state index in [0.29, 0.717) is 30.2 Å². The Balaban J connectivity index is 1.56. The molecule has 0 spiro atoms. The van der Waals surface area contributed by atoms with Gasteiger partial charge in [0.2, 0.25) is 0 Å². The Morgan fingerprint density at radius 3 is 2.47 bits per heavy atom. The highest BCUT2D eigenvalue weighted by atomic mass is 16.5. The van der Waals surface area contributed by atoms with Crippen LogP contribution in [0.15, 0.2) is 83.9 Å². The number of hydrogen-bond acceptors (Lipinski definition) is 3. The summed E-state index contributed by atoms with van der Waals surface area (Å²) < 4.78 is 5.84. The molecule has 0 saturated heterocycles. The van der Waals surface area contributed by atoms with E-state index in [1.807, 2.05) is 78.9 Å². The topological polar surface area (TPSA) is 80.0 Å².